The summed E-state index contributed by atoms with van der Waals surface area (Å²) in [6.45, 7) is 6.51. The number of benzene rings is 2. The third-order valence-corrected chi connectivity index (χ3v) is 6.28. The smallest absolute Gasteiger partial charge is 0.339 e. The first-order chi connectivity index (χ1) is 14.4. The van der Waals surface area contributed by atoms with Crippen LogP contribution < -0.4 is 4.74 Å². The largest absolute Gasteiger partial charge is 0.492 e. The molecule has 1 saturated heterocycles. The maximum absolute atomic E-state index is 14.7. The molecule has 1 aliphatic heterocycles. The number of nitrogens with zero attached hydrogens (tertiary/aromatic N) is 1. The number of alkyl halides is 1. The number of rotatable bonds is 9. The van der Waals surface area contributed by atoms with E-state index in [0.717, 1.165) is 37.1 Å². The molecule has 0 bridgehead atoms. The van der Waals surface area contributed by atoms with E-state index in [1.54, 1.807) is 6.07 Å². The first-order valence-corrected chi connectivity index (χ1v) is 10.9. The Hall–Kier alpha value is -2.40. The maximum atomic E-state index is 14.7. The zero-order valence-electron chi connectivity index (χ0n) is 17.9. The molecule has 0 unspecified atom stereocenters. The van der Waals surface area contributed by atoms with Gasteiger partial charge >= 0.3 is 5.97 Å². The van der Waals surface area contributed by atoms with E-state index in [4.69, 9.17) is 4.74 Å². The Labute approximate surface area is 178 Å². The molecule has 0 saturated carbocycles. The lowest BCUT2D eigenvalue weighted by Crippen LogP contribution is -2.44. The van der Waals surface area contributed by atoms with Crippen LogP contribution in [0.1, 0.15) is 49.9 Å². The van der Waals surface area contributed by atoms with Gasteiger partial charge in [-0.05, 0) is 68.0 Å². The molecule has 4 nitrogen and oxygen atoms in total. The average molecular weight is 414 g/mol. The monoisotopic (exact) mass is 413 g/mol. The van der Waals surface area contributed by atoms with Crippen LogP contribution in [0.25, 0.3) is 11.1 Å². The van der Waals surface area contributed by atoms with Crippen LogP contribution >= 0.6 is 0 Å². The number of piperidine rings is 1. The number of aromatic carboxylic acids is 1. The predicted octanol–water partition coefficient (Wildman–Crippen LogP) is 5.67. The molecule has 0 aromatic heterocycles. The molecule has 0 atom stereocenters. The fraction of sp³-hybridized carbons (Fsp3) is 0.480. The van der Waals surface area contributed by atoms with Crippen molar-refractivity contribution in [1.82, 2.24) is 4.90 Å². The molecule has 1 fully saturated rings. The number of carboxylic acid groups (broad SMARTS) is 1. The van der Waals surface area contributed by atoms with Crippen molar-refractivity contribution in [3.63, 3.8) is 0 Å². The van der Waals surface area contributed by atoms with Gasteiger partial charge in [-0.15, -0.1) is 0 Å². The fourth-order valence-corrected chi connectivity index (χ4v) is 4.02. The summed E-state index contributed by atoms with van der Waals surface area (Å²) < 4.78 is 20.7. The third-order valence-electron chi connectivity index (χ3n) is 6.28. The predicted molar refractivity (Wildman–Crippen MR) is 118 cm³/mol. The highest BCUT2D eigenvalue weighted by atomic mass is 19.1. The number of carboxylic acids is 1. The zero-order valence-corrected chi connectivity index (χ0v) is 17.9. The molecule has 5 heteroatoms. The van der Waals surface area contributed by atoms with Crippen molar-refractivity contribution >= 4 is 5.97 Å². The highest BCUT2D eigenvalue weighted by Crippen LogP contribution is 2.29. The SMILES string of the molecule is CCC(F)(CC)CN1CCC(COc2cc(-c3ccccc3)ccc2C(=O)O)CC1. The number of hydrogen-bond acceptors (Lipinski definition) is 3. The van der Waals surface area contributed by atoms with Crippen molar-refractivity contribution in [2.75, 3.05) is 26.2 Å². The van der Waals surface area contributed by atoms with Gasteiger partial charge in [0.1, 0.15) is 17.0 Å². The van der Waals surface area contributed by atoms with Gasteiger partial charge in [-0.1, -0.05) is 50.2 Å². The van der Waals surface area contributed by atoms with Crippen LogP contribution in [0.2, 0.25) is 0 Å². The Kier molecular flexibility index (Phi) is 7.48. The summed E-state index contributed by atoms with van der Waals surface area (Å²) in [6.07, 6.45) is 2.96. The average Bonchev–Trinajstić information content (AvgIpc) is 2.78. The third kappa shape index (κ3) is 5.60. The van der Waals surface area contributed by atoms with Crippen molar-refractivity contribution in [2.24, 2.45) is 5.92 Å². The maximum Gasteiger partial charge on any atom is 0.339 e. The van der Waals surface area contributed by atoms with Crippen LogP contribution in [0.3, 0.4) is 0 Å². The standard InChI is InChI=1S/C25H32FNO3/c1-3-25(26,4-2)18-27-14-12-19(13-15-27)17-30-23-16-21(10-11-22(23)24(28)29)20-8-6-5-7-9-20/h5-11,16,19H,3-4,12-15,17-18H2,1-2H3,(H,28,29). The topological polar surface area (TPSA) is 49.8 Å². The summed E-state index contributed by atoms with van der Waals surface area (Å²) in [6, 6.07) is 15.1. The van der Waals surface area contributed by atoms with Crippen LogP contribution in [0, 0.1) is 5.92 Å². The van der Waals surface area contributed by atoms with E-state index >= 15 is 0 Å². The number of hydrogen-bond donors (Lipinski definition) is 1. The summed E-state index contributed by atoms with van der Waals surface area (Å²) in [7, 11) is 0. The van der Waals surface area contributed by atoms with Gasteiger partial charge in [-0.25, -0.2) is 9.18 Å². The Morgan fingerprint density at radius 2 is 1.77 bits per heavy atom. The molecule has 1 N–H and O–H groups in total. The van der Waals surface area contributed by atoms with E-state index in [1.165, 1.54) is 0 Å². The van der Waals surface area contributed by atoms with Crippen LogP contribution in [0.15, 0.2) is 48.5 Å². The Bertz CT molecular complexity index is 828. The molecule has 0 spiro atoms. The molecular formula is C25H32FNO3. The number of carbonyl (C=O) groups is 1. The molecule has 30 heavy (non-hydrogen) atoms. The fourth-order valence-electron chi connectivity index (χ4n) is 4.02. The molecule has 162 valence electrons. The number of halogens is 1. The lowest BCUT2D eigenvalue weighted by atomic mass is 9.94. The number of likely N-dealkylation sites (tertiary alicyclic amines) is 1. The summed E-state index contributed by atoms with van der Waals surface area (Å²) in [4.78, 5) is 13.8. The molecule has 0 radical (unpaired) electrons. The van der Waals surface area contributed by atoms with Crippen molar-refractivity contribution in [2.45, 2.75) is 45.2 Å². The van der Waals surface area contributed by atoms with Crippen molar-refractivity contribution < 1.29 is 19.0 Å². The summed E-state index contributed by atoms with van der Waals surface area (Å²) >= 11 is 0. The Morgan fingerprint density at radius 1 is 1.10 bits per heavy atom. The highest BCUT2D eigenvalue weighted by molar-refractivity contribution is 5.92. The van der Waals surface area contributed by atoms with Gasteiger partial charge in [0, 0.05) is 6.54 Å². The van der Waals surface area contributed by atoms with Gasteiger partial charge in [0.2, 0.25) is 0 Å². The minimum absolute atomic E-state index is 0.181. The van der Waals surface area contributed by atoms with Gasteiger partial charge in [0.05, 0.1) is 6.61 Å². The van der Waals surface area contributed by atoms with Crippen molar-refractivity contribution in [3.8, 4) is 16.9 Å². The first-order valence-electron chi connectivity index (χ1n) is 10.9. The first kappa shape index (κ1) is 22.3. The van der Waals surface area contributed by atoms with E-state index in [0.29, 0.717) is 37.7 Å². The number of ether oxygens (including phenoxy) is 1. The summed E-state index contributed by atoms with van der Waals surface area (Å²) in [5.74, 6) is -0.232. The summed E-state index contributed by atoms with van der Waals surface area (Å²) in [5, 5.41) is 9.53. The minimum atomic E-state index is -1.10. The van der Waals surface area contributed by atoms with Gasteiger partial charge in [-0.2, -0.15) is 0 Å². The van der Waals surface area contributed by atoms with Gasteiger partial charge in [-0.3, -0.25) is 0 Å². The van der Waals surface area contributed by atoms with Crippen molar-refractivity contribution in [3.05, 3.63) is 54.1 Å². The van der Waals surface area contributed by atoms with Crippen molar-refractivity contribution in [1.29, 1.82) is 0 Å². The lowest BCUT2D eigenvalue weighted by Gasteiger charge is -2.36. The molecule has 1 aliphatic rings. The zero-order chi connectivity index (χ0) is 21.6. The molecule has 0 amide bonds. The summed E-state index contributed by atoms with van der Waals surface area (Å²) in [5.41, 5.74) is 1.04. The molecule has 0 aliphatic carbocycles. The molecule has 2 aromatic rings. The molecule has 1 heterocycles. The normalized spacial score (nSPS) is 15.8. The van der Waals surface area contributed by atoms with Gasteiger partial charge in [0.15, 0.2) is 0 Å². The Balaban J connectivity index is 1.61. The van der Waals surface area contributed by atoms with E-state index in [-0.39, 0.29) is 5.56 Å². The molecular weight excluding hydrogens is 381 g/mol. The minimum Gasteiger partial charge on any atom is -0.492 e. The molecule has 2 aromatic carbocycles. The van der Waals surface area contributed by atoms with Crippen LogP contribution in [0.4, 0.5) is 4.39 Å². The van der Waals surface area contributed by atoms with Crippen LogP contribution in [-0.2, 0) is 0 Å². The van der Waals surface area contributed by atoms with E-state index in [9.17, 15) is 14.3 Å². The Morgan fingerprint density at radius 3 is 2.37 bits per heavy atom. The second-order valence-corrected chi connectivity index (χ2v) is 8.27. The second kappa shape index (κ2) is 10.1. The second-order valence-electron chi connectivity index (χ2n) is 8.27. The van der Waals surface area contributed by atoms with E-state index in [2.05, 4.69) is 4.90 Å². The highest BCUT2D eigenvalue weighted by Gasteiger charge is 2.30. The van der Waals surface area contributed by atoms with Crippen LogP contribution in [-0.4, -0.2) is 47.9 Å². The van der Waals surface area contributed by atoms with Gasteiger partial charge in [0.25, 0.3) is 0 Å². The van der Waals surface area contributed by atoms with Gasteiger partial charge < -0.3 is 14.7 Å². The van der Waals surface area contributed by atoms with E-state index in [1.807, 2.05) is 56.3 Å². The lowest BCUT2D eigenvalue weighted by molar-refractivity contribution is 0.0565. The quantitative estimate of drug-likeness (QED) is 0.575. The molecule has 3 rings (SSSR count). The van der Waals surface area contributed by atoms with E-state index < -0.39 is 11.6 Å². The van der Waals surface area contributed by atoms with Crippen LogP contribution in [0.5, 0.6) is 5.75 Å².